The molecule has 1 aliphatic rings. The molecule has 0 radical (unpaired) electrons. The van der Waals surface area contributed by atoms with Crippen LogP contribution < -0.4 is 0 Å². The number of thiophene rings is 1. The quantitative estimate of drug-likeness (QED) is 0.599. The number of carbonyl (C=O) groups excluding carboxylic acids is 2. The van der Waals surface area contributed by atoms with E-state index in [2.05, 4.69) is 0 Å². The molecule has 3 nitrogen and oxygen atoms in total. The van der Waals surface area contributed by atoms with Crippen LogP contribution in [0.25, 0.3) is 0 Å². The Bertz CT molecular complexity index is 765. The normalized spacial score (nSPS) is 14.8. The van der Waals surface area contributed by atoms with Crippen LogP contribution in [0.2, 0.25) is 0 Å². The van der Waals surface area contributed by atoms with Crippen LogP contribution in [-0.2, 0) is 17.6 Å². The number of fused-ring (bicyclic) bond motifs is 1. The highest BCUT2D eigenvalue weighted by molar-refractivity contribution is 7.14. The Morgan fingerprint density at radius 2 is 1.83 bits per heavy atom. The van der Waals surface area contributed by atoms with Crippen LogP contribution in [0.5, 0.6) is 0 Å². The van der Waals surface area contributed by atoms with Crippen molar-refractivity contribution in [3.05, 3.63) is 56.3 Å². The highest BCUT2D eigenvalue weighted by Crippen LogP contribution is 2.30. The van der Waals surface area contributed by atoms with Crippen molar-refractivity contribution in [2.45, 2.75) is 52.6 Å². The van der Waals surface area contributed by atoms with E-state index >= 15 is 0 Å². The van der Waals surface area contributed by atoms with Crippen molar-refractivity contribution in [1.29, 1.82) is 0 Å². The van der Waals surface area contributed by atoms with Crippen LogP contribution in [0.4, 0.5) is 0 Å². The average Bonchev–Trinajstić information content (AvgIpc) is 3.01. The fourth-order valence-corrected chi connectivity index (χ4v) is 4.13. The summed E-state index contributed by atoms with van der Waals surface area (Å²) in [6, 6.07) is 7.50. The van der Waals surface area contributed by atoms with Gasteiger partial charge in [0.05, 0.1) is 0 Å². The molecule has 0 unspecified atom stereocenters. The van der Waals surface area contributed by atoms with Crippen LogP contribution in [-0.4, -0.2) is 17.9 Å². The third-order valence-corrected chi connectivity index (χ3v) is 5.86. The second kappa shape index (κ2) is 6.89. The number of aryl methyl sites for hydroxylation is 4. The van der Waals surface area contributed by atoms with Crippen molar-refractivity contribution in [2.24, 2.45) is 0 Å². The van der Waals surface area contributed by atoms with E-state index in [1.165, 1.54) is 34.6 Å². The standard InChI is InChI=1S/C20H22O3S/c1-12-8-9-16(10-13(12)2)19(21)14(3)23-20(22)18-11-15-6-4-5-7-17(15)24-18/h8-11,14H,4-7H2,1-3H3/t14-/m0/s1. The molecule has 4 heteroatoms. The number of hydrogen-bond acceptors (Lipinski definition) is 4. The molecule has 1 atom stereocenters. The largest absolute Gasteiger partial charge is 0.450 e. The summed E-state index contributed by atoms with van der Waals surface area (Å²) >= 11 is 1.51. The summed E-state index contributed by atoms with van der Waals surface area (Å²) in [6.45, 7) is 5.62. The minimum absolute atomic E-state index is 0.159. The molecular weight excluding hydrogens is 320 g/mol. The van der Waals surface area contributed by atoms with Gasteiger partial charge in [-0.3, -0.25) is 4.79 Å². The number of ether oxygens (including phenoxy) is 1. The average molecular weight is 342 g/mol. The summed E-state index contributed by atoms with van der Waals surface area (Å²) in [5.74, 6) is -0.549. The summed E-state index contributed by atoms with van der Waals surface area (Å²) in [6.07, 6.45) is 3.67. The lowest BCUT2D eigenvalue weighted by molar-refractivity contribution is 0.0323. The molecule has 24 heavy (non-hydrogen) atoms. The lowest BCUT2D eigenvalue weighted by Crippen LogP contribution is -2.24. The second-order valence-corrected chi connectivity index (χ2v) is 7.61. The number of benzene rings is 1. The van der Waals surface area contributed by atoms with Crippen LogP contribution in [0.15, 0.2) is 24.3 Å². The van der Waals surface area contributed by atoms with Gasteiger partial charge in [0.1, 0.15) is 4.88 Å². The molecule has 0 fully saturated rings. The van der Waals surface area contributed by atoms with Crippen LogP contribution in [0.3, 0.4) is 0 Å². The molecule has 1 aliphatic carbocycles. The van der Waals surface area contributed by atoms with Gasteiger partial charge in [0.15, 0.2) is 6.10 Å². The number of ketones is 1. The zero-order valence-electron chi connectivity index (χ0n) is 14.3. The molecule has 0 N–H and O–H groups in total. The lowest BCUT2D eigenvalue weighted by Gasteiger charge is -2.12. The Morgan fingerprint density at radius 3 is 2.54 bits per heavy atom. The van der Waals surface area contributed by atoms with E-state index in [1.54, 1.807) is 13.0 Å². The zero-order chi connectivity index (χ0) is 17.3. The monoisotopic (exact) mass is 342 g/mol. The van der Waals surface area contributed by atoms with Crippen LogP contribution >= 0.6 is 11.3 Å². The minimum Gasteiger partial charge on any atom is -0.450 e. The molecular formula is C20H22O3S. The number of Topliss-reactive ketones (excluding diaryl/α,β-unsaturated/α-hetero) is 1. The molecule has 2 aromatic rings. The van der Waals surface area contributed by atoms with Crippen molar-refractivity contribution in [1.82, 2.24) is 0 Å². The van der Waals surface area contributed by atoms with E-state index < -0.39 is 6.10 Å². The third kappa shape index (κ3) is 3.44. The Hall–Kier alpha value is -1.94. The van der Waals surface area contributed by atoms with Crippen molar-refractivity contribution < 1.29 is 14.3 Å². The molecule has 0 saturated carbocycles. The zero-order valence-corrected chi connectivity index (χ0v) is 15.2. The van der Waals surface area contributed by atoms with Crippen LogP contribution in [0, 0.1) is 13.8 Å². The predicted octanol–water partition coefficient (Wildman–Crippen LogP) is 4.67. The minimum atomic E-state index is -0.779. The first-order chi connectivity index (χ1) is 11.5. The highest BCUT2D eigenvalue weighted by atomic mass is 32.1. The van der Waals surface area contributed by atoms with Crippen molar-refractivity contribution in [2.75, 3.05) is 0 Å². The second-order valence-electron chi connectivity index (χ2n) is 6.48. The van der Waals surface area contributed by atoms with Gasteiger partial charge < -0.3 is 4.74 Å². The molecule has 126 valence electrons. The van der Waals surface area contributed by atoms with E-state index in [0.29, 0.717) is 10.4 Å². The van der Waals surface area contributed by atoms with E-state index in [4.69, 9.17) is 4.74 Å². The first kappa shape index (κ1) is 16.9. The smallest absolute Gasteiger partial charge is 0.349 e. The van der Waals surface area contributed by atoms with Gasteiger partial charge in [-0.05, 0) is 75.3 Å². The van der Waals surface area contributed by atoms with Crippen molar-refractivity contribution in [3.63, 3.8) is 0 Å². The summed E-state index contributed by atoms with van der Waals surface area (Å²) in [4.78, 5) is 26.8. The van der Waals surface area contributed by atoms with E-state index in [0.717, 1.165) is 24.0 Å². The van der Waals surface area contributed by atoms with Gasteiger partial charge in [-0.1, -0.05) is 12.1 Å². The number of esters is 1. The van der Waals surface area contributed by atoms with Crippen LogP contribution in [0.1, 0.15) is 61.4 Å². The topological polar surface area (TPSA) is 43.4 Å². The summed E-state index contributed by atoms with van der Waals surface area (Å²) in [5.41, 5.74) is 4.06. The molecule has 0 saturated heterocycles. The summed E-state index contributed by atoms with van der Waals surface area (Å²) in [5, 5.41) is 0. The summed E-state index contributed by atoms with van der Waals surface area (Å²) < 4.78 is 5.42. The van der Waals surface area contributed by atoms with Gasteiger partial charge in [0.25, 0.3) is 0 Å². The maximum Gasteiger partial charge on any atom is 0.349 e. The van der Waals surface area contributed by atoms with Gasteiger partial charge in [0, 0.05) is 10.4 Å². The molecule has 1 aromatic carbocycles. The molecule has 3 rings (SSSR count). The molecule has 0 amide bonds. The lowest BCUT2D eigenvalue weighted by atomic mass is 9.99. The van der Waals surface area contributed by atoms with E-state index in [-0.39, 0.29) is 11.8 Å². The molecule has 0 spiro atoms. The number of carbonyl (C=O) groups is 2. The first-order valence-electron chi connectivity index (χ1n) is 8.39. The Balaban J connectivity index is 1.70. The maximum atomic E-state index is 12.5. The number of hydrogen-bond donors (Lipinski definition) is 0. The summed E-state index contributed by atoms with van der Waals surface area (Å²) in [7, 11) is 0. The van der Waals surface area contributed by atoms with Gasteiger partial charge in [-0.25, -0.2) is 4.79 Å². The predicted molar refractivity (Wildman–Crippen MR) is 96.1 cm³/mol. The SMILES string of the molecule is Cc1ccc(C(=O)[C@H](C)OC(=O)c2cc3c(s2)CCCC3)cc1C. The van der Waals surface area contributed by atoms with Crippen molar-refractivity contribution >= 4 is 23.1 Å². The fourth-order valence-electron chi connectivity index (χ4n) is 2.99. The van der Waals surface area contributed by atoms with Gasteiger partial charge >= 0.3 is 5.97 Å². The molecule has 1 aromatic heterocycles. The number of rotatable bonds is 4. The third-order valence-electron chi connectivity index (χ3n) is 4.64. The van der Waals surface area contributed by atoms with Gasteiger partial charge in [0.2, 0.25) is 5.78 Å². The molecule has 0 aliphatic heterocycles. The Morgan fingerprint density at radius 1 is 1.08 bits per heavy atom. The maximum absolute atomic E-state index is 12.5. The first-order valence-corrected chi connectivity index (χ1v) is 9.21. The van der Waals surface area contributed by atoms with E-state index in [1.807, 2.05) is 32.0 Å². The fraction of sp³-hybridized carbons (Fsp3) is 0.400. The Labute approximate surface area is 146 Å². The van der Waals surface area contributed by atoms with Gasteiger partial charge in [-0.2, -0.15) is 0 Å². The molecule has 1 heterocycles. The molecule has 0 bridgehead atoms. The Kier molecular flexibility index (Phi) is 4.86. The highest BCUT2D eigenvalue weighted by Gasteiger charge is 2.23. The van der Waals surface area contributed by atoms with Crippen molar-refractivity contribution in [3.8, 4) is 0 Å². The van der Waals surface area contributed by atoms with E-state index in [9.17, 15) is 9.59 Å². The van der Waals surface area contributed by atoms with Gasteiger partial charge in [-0.15, -0.1) is 11.3 Å².